The minimum Gasteiger partial charge on any atom is -0.480 e. The second-order valence-corrected chi connectivity index (χ2v) is 2.95. The summed E-state index contributed by atoms with van der Waals surface area (Å²) in [6.07, 6.45) is 1.10. The number of hydrogen-bond acceptors (Lipinski definition) is 4. The zero-order valence-electron chi connectivity index (χ0n) is 7.49. The molecule has 1 fully saturated rings. The van der Waals surface area contributed by atoms with Crippen molar-refractivity contribution in [2.24, 2.45) is 0 Å². The van der Waals surface area contributed by atoms with Crippen LogP contribution >= 0.6 is 0 Å². The minimum absolute atomic E-state index is 0.217. The van der Waals surface area contributed by atoms with Gasteiger partial charge >= 0.3 is 5.97 Å². The monoisotopic (exact) mass is 189 g/mol. The number of carbonyl (C=O) groups is 1. The van der Waals surface area contributed by atoms with E-state index in [1.807, 2.05) is 0 Å². The van der Waals surface area contributed by atoms with Gasteiger partial charge < -0.3 is 19.9 Å². The summed E-state index contributed by atoms with van der Waals surface area (Å²) in [6, 6.07) is 0. The van der Waals surface area contributed by atoms with E-state index in [0.29, 0.717) is 19.3 Å². The first-order chi connectivity index (χ1) is 6.29. The first-order valence-corrected chi connectivity index (χ1v) is 4.41. The molecular weight excluding hydrogens is 174 g/mol. The molecule has 0 radical (unpaired) electrons. The second-order valence-electron chi connectivity index (χ2n) is 2.95. The van der Waals surface area contributed by atoms with Crippen molar-refractivity contribution in [3.05, 3.63) is 0 Å². The molecule has 1 aliphatic heterocycles. The van der Waals surface area contributed by atoms with Crippen molar-refractivity contribution in [2.75, 3.05) is 32.9 Å². The number of aliphatic carboxylic acids is 1. The van der Waals surface area contributed by atoms with Gasteiger partial charge in [-0.3, -0.25) is 0 Å². The van der Waals surface area contributed by atoms with Gasteiger partial charge in [-0.05, 0) is 6.42 Å². The summed E-state index contributed by atoms with van der Waals surface area (Å²) < 4.78 is 10.2. The van der Waals surface area contributed by atoms with Gasteiger partial charge in [0.1, 0.15) is 6.61 Å². The summed E-state index contributed by atoms with van der Waals surface area (Å²) in [4.78, 5) is 10.0. The number of rotatable bonds is 7. The molecule has 0 aromatic rings. The second kappa shape index (κ2) is 5.90. The van der Waals surface area contributed by atoms with Crippen LogP contribution in [-0.2, 0) is 14.3 Å². The van der Waals surface area contributed by atoms with E-state index in [4.69, 9.17) is 14.6 Å². The Bertz CT molecular complexity index is 158. The van der Waals surface area contributed by atoms with Gasteiger partial charge in [-0.25, -0.2) is 4.79 Å². The van der Waals surface area contributed by atoms with E-state index in [0.717, 1.165) is 19.5 Å². The van der Waals surface area contributed by atoms with Gasteiger partial charge in [-0.15, -0.1) is 0 Å². The van der Waals surface area contributed by atoms with Crippen LogP contribution < -0.4 is 5.32 Å². The van der Waals surface area contributed by atoms with Crippen LogP contribution in [0.5, 0.6) is 0 Å². The maximum atomic E-state index is 10.0. The highest BCUT2D eigenvalue weighted by Gasteiger charge is 2.15. The first kappa shape index (κ1) is 10.4. The topological polar surface area (TPSA) is 67.8 Å². The van der Waals surface area contributed by atoms with Crippen LogP contribution in [0.4, 0.5) is 0 Å². The highest BCUT2D eigenvalue weighted by molar-refractivity contribution is 5.67. The molecule has 0 amide bonds. The quantitative estimate of drug-likeness (QED) is 0.527. The molecule has 1 rings (SSSR count). The molecule has 0 aromatic heterocycles. The predicted molar refractivity (Wildman–Crippen MR) is 45.7 cm³/mol. The van der Waals surface area contributed by atoms with E-state index in [1.165, 1.54) is 0 Å². The fraction of sp³-hybridized carbons (Fsp3) is 0.875. The number of carboxylic acids is 1. The van der Waals surface area contributed by atoms with E-state index >= 15 is 0 Å². The van der Waals surface area contributed by atoms with Gasteiger partial charge in [-0.1, -0.05) is 0 Å². The summed E-state index contributed by atoms with van der Waals surface area (Å²) in [6.45, 7) is 2.73. The lowest BCUT2D eigenvalue weighted by molar-refractivity contribution is -0.142. The van der Waals surface area contributed by atoms with Crippen LogP contribution in [-0.4, -0.2) is 50.1 Å². The van der Waals surface area contributed by atoms with Crippen molar-refractivity contribution in [1.29, 1.82) is 0 Å². The van der Waals surface area contributed by atoms with E-state index in [-0.39, 0.29) is 6.61 Å². The van der Waals surface area contributed by atoms with Crippen molar-refractivity contribution in [2.45, 2.75) is 12.5 Å². The Labute approximate surface area is 77.0 Å². The maximum absolute atomic E-state index is 10.0. The number of carboxylic acid groups (broad SMARTS) is 1. The van der Waals surface area contributed by atoms with Crippen LogP contribution in [0.25, 0.3) is 0 Å². The van der Waals surface area contributed by atoms with Crippen molar-refractivity contribution < 1.29 is 19.4 Å². The average molecular weight is 189 g/mol. The maximum Gasteiger partial charge on any atom is 0.329 e. The molecule has 0 unspecified atom stereocenters. The van der Waals surface area contributed by atoms with Gasteiger partial charge in [0, 0.05) is 26.3 Å². The molecule has 0 aliphatic carbocycles. The largest absolute Gasteiger partial charge is 0.480 e. The van der Waals surface area contributed by atoms with Crippen molar-refractivity contribution >= 4 is 5.97 Å². The fourth-order valence-electron chi connectivity index (χ4n) is 0.951. The van der Waals surface area contributed by atoms with E-state index in [1.54, 1.807) is 0 Å². The minimum atomic E-state index is -0.927. The lowest BCUT2D eigenvalue weighted by Crippen LogP contribution is -2.48. The van der Waals surface area contributed by atoms with Gasteiger partial charge in [0.2, 0.25) is 0 Å². The standard InChI is InChI=1S/C8H15NO4/c10-8(11)6-12-2-1-3-13-7-4-9-5-7/h7,9H,1-6H2,(H,10,11). The van der Waals surface area contributed by atoms with Crippen LogP contribution in [0.3, 0.4) is 0 Å². The number of nitrogens with one attached hydrogen (secondary N) is 1. The third kappa shape index (κ3) is 4.82. The first-order valence-electron chi connectivity index (χ1n) is 4.41. The Morgan fingerprint density at radius 2 is 2.23 bits per heavy atom. The molecule has 1 saturated heterocycles. The summed E-state index contributed by atoms with van der Waals surface area (Å²) in [5, 5.41) is 11.3. The highest BCUT2D eigenvalue weighted by atomic mass is 16.5. The number of hydrogen-bond donors (Lipinski definition) is 2. The van der Waals surface area contributed by atoms with Crippen molar-refractivity contribution in [1.82, 2.24) is 5.32 Å². The lowest BCUT2D eigenvalue weighted by Gasteiger charge is -2.26. The van der Waals surface area contributed by atoms with E-state index < -0.39 is 5.97 Å². The molecule has 0 atom stereocenters. The zero-order valence-corrected chi connectivity index (χ0v) is 7.49. The molecule has 5 nitrogen and oxygen atoms in total. The Balaban J connectivity index is 1.75. The number of ether oxygens (including phenoxy) is 2. The zero-order chi connectivity index (χ0) is 9.52. The average Bonchev–Trinajstić information content (AvgIpc) is 1.99. The van der Waals surface area contributed by atoms with Crippen LogP contribution in [0.2, 0.25) is 0 Å². The molecule has 0 spiro atoms. The Morgan fingerprint density at radius 3 is 2.77 bits per heavy atom. The molecule has 13 heavy (non-hydrogen) atoms. The van der Waals surface area contributed by atoms with Gasteiger partial charge in [0.05, 0.1) is 6.10 Å². The van der Waals surface area contributed by atoms with Crippen LogP contribution in [0, 0.1) is 0 Å². The van der Waals surface area contributed by atoms with Crippen LogP contribution in [0.15, 0.2) is 0 Å². The summed E-state index contributed by atoms with van der Waals surface area (Å²) in [5.74, 6) is -0.927. The Kier molecular flexibility index (Phi) is 4.74. The molecule has 0 saturated carbocycles. The van der Waals surface area contributed by atoms with Gasteiger partial charge in [0.25, 0.3) is 0 Å². The molecular formula is C8H15NO4. The van der Waals surface area contributed by atoms with Crippen molar-refractivity contribution in [3.8, 4) is 0 Å². The van der Waals surface area contributed by atoms with Gasteiger partial charge in [0.15, 0.2) is 0 Å². The van der Waals surface area contributed by atoms with E-state index in [2.05, 4.69) is 5.32 Å². The highest BCUT2D eigenvalue weighted by Crippen LogP contribution is 1.98. The normalized spacial score (nSPS) is 16.9. The predicted octanol–water partition coefficient (Wildman–Crippen LogP) is -0.534. The fourth-order valence-corrected chi connectivity index (χ4v) is 0.951. The molecule has 1 aliphatic rings. The lowest BCUT2D eigenvalue weighted by atomic mass is 10.2. The smallest absolute Gasteiger partial charge is 0.329 e. The molecule has 5 heteroatoms. The molecule has 0 aromatic carbocycles. The molecule has 2 N–H and O–H groups in total. The molecule has 1 heterocycles. The van der Waals surface area contributed by atoms with Crippen LogP contribution in [0.1, 0.15) is 6.42 Å². The third-order valence-electron chi connectivity index (χ3n) is 1.76. The summed E-state index contributed by atoms with van der Waals surface area (Å²) in [7, 11) is 0. The summed E-state index contributed by atoms with van der Waals surface area (Å²) >= 11 is 0. The molecule has 76 valence electrons. The van der Waals surface area contributed by atoms with E-state index in [9.17, 15) is 4.79 Å². The Morgan fingerprint density at radius 1 is 1.46 bits per heavy atom. The molecule has 0 bridgehead atoms. The SMILES string of the molecule is O=C(O)COCCCOC1CNC1. The Hall–Kier alpha value is -0.650. The van der Waals surface area contributed by atoms with Gasteiger partial charge in [-0.2, -0.15) is 0 Å². The summed E-state index contributed by atoms with van der Waals surface area (Å²) in [5.41, 5.74) is 0. The van der Waals surface area contributed by atoms with Crippen molar-refractivity contribution in [3.63, 3.8) is 0 Å². The third-order valence-corrected chi connectivity index (χ3v) is 1.76.